The molecule has 212 valence electrons. The summed E-state index contributed by atoms with van der Waals surface area (Å²) in [5.41, 5.74) is 2.44. The maximum Gasteiger partial charge on any atom is 0.224 e. The van der Waals surface area contributed by atoms with Gasteiger partial charge in [0.15, 0.2) is 5.78 Å². The SMILES string of the molecule is C[C@@H]1[C@H]2[C@H]3C(=O)C=C4[C@@]5(C)Cc6cnoc6C(C)(C)[C@@H]5CC[C@@]4(C)[C@]3(C)CC[C@@]2(CN2CCC2=O)CC[C@H]1C. The van der Waals surface area contributed by atoms with Crippen LogP contribution in [0.5, 0.6) is 0 Å². The number of amides is 1. The number of rotatable bonds is 2. The highest BCUT2D eigenvalue weighted by Gasteiger charge is 2.70. The lowest BCUT2D eigenvalue weighted by Crippen LogP contribution is -2.67. The Labute approximate surface area is 234 Å². The number of nitrogens with zero attached hydrogens (tertiary/aromatic N) is 2. The number of hydrogen-bond donors (Lipinski definition) is 0. The highest BCUT2D eigenvalue weighted by atomic mass is 16.5. The van der Waals surface area contributed by atoms with E-state index >= 15 is 0 Å². The number of hydrogen-bond acceptors (Lipinski definition) is 4. The van der Waals surface area contributed by atoms with Gasteiger partial charge in [-0.15, -0.1) is 0 Å². The first-order valence-corrected chi connectivity index (χ1v) is 15.8. The smallest absolute Gasteiger partial charge is 0.224 e. The molecule has 0 N–H and O–H groups in total. The third-order valence-corrected chi connectivity index (χ3v) is 14.3. The largest absolute Gasteiger partial charge is 0.361 e. The number of carbonyl (C=O) groups excluding carboxylic acids is 2. The summed E-state index contributed by atoms with van der Waals surface area (Å²) in [7, 11) is 0. The molecule has 7 rings (SSSR count). The van der Waals surface area contributed by atoms with Crippen molar-refractivity contribution in [1.82, 2.24) is 10.1 Å². The Morgan fingerprint density at radius 1 is 1.03 bits per heavy atom. The van der Waals surface area contributed by atoms with E-state index in [1.807, 2.05) is 6.20 Å². The summed E-state index contributed by atoms with van der Waals surface area (Å²) >= 11 is 0. The van der Waals surface area contributed by atoms with Crippen LogP contribution < -0.4 is 0 Å². The van der Waals surface area contributed by atoms with Gasteiger partial charge in [0.05, 0.1) is 6.20 Å². The van der Waals surface area contributed by atoms with E-state index in [1.54, 1.807) is 0 Å². The first kappa shape index (κ1) is 26.0. The molecule has 1 aromatic heterocycles. The fourth-order valence-corrected chi connectivity index (χ4v) is 11.8. The average molecular weight is 533 g/mol. The van der Waals surface area contributed by atoms with Crippen molar-refractivity contribution in [3.63, 3.8) is 0 Å². The third-order valence-electron chi connectivity index (χ3n) is 14.3. The quantitative estimate of drug-likeness (QED) is 0.395. The lowest BCUT2D eigenvalue weighted by Gasteiger charge is -2.70. The maximum absolute atomic E-state index is 14.7. The first-order valence-electron chi connectivity index (χ1n) is 15.8. The lowest BCUT2D eigenvalue weighted by atomic mass is 9.33. The van der Waals surface area contributed by atoms with E-state index in [0.717, 1.165) is 57.4 Å². The molecule has 9 atom stereocenters. The van der Waals surface area contributed by atoms with Gasteiger partial charge in [0.2, 0.25) is 5.91 Å². The molecule has 6 aliphatic rings. The minimum atomic E-state index is -0.111. The van der Waals surface area contributed by atoms with Crippen LogP contribution in [0.3, 0.4) is 0 Å². The molecule has 0 aromatic carbocycles. The molecule has 1 saturated heterocycles. The third kappa shape index (κ3) is 3.06. The second-order valence-corrected chi connectivity index (χ2v) is 16.1. The van der Waals surface area contributed by atoms with Crippen molar-refractivity contribution in [1.29, 1.82) is 0 Å². The first-order chi connectivity index (χ1) is 18.3. The van der Waals surface area contributed by atoms with Gasteiger partial charge >= 0.3 is 0 Å². The van der Waals surface area contributed by atoms with Crippen LogP contribution in [0.2, 0.25) is 0 Å². The minimum absolute atomic E-state index is 0.0132. The van der Waals surface area contributed by atoms with Gasteiger partial charge in [-0.1, -0.05) is 59.2 Å². The molecule has 2 heterocycles. The molecule has 5 heteroatoms. The van der Waals surface area contributed by atoms with Crippen LogP contribution >= 0.6 is 0 Å². The normalized spacial score (nSPS) is 48.1. The van der Waals surface area contributed by atoms with Crippen LogP contribution in [-0.2, 0) is 21.4 Å². The Morgan fingerprint density at radius 3 is 2.49 bits per heavy atom. The highest BCUT2D eigenvalue weighted by Crippen LogP contribution is 2.74. The molecule has 5 aliphatic carbocycles. The number of allylic oxidation sites excluding steroid dienone is 2. The number of likely N-dealkylation sites (tertiary alicyclic amines) is 1. The maximum atomic E-state index is 14.7. The van der Waals surface area contributed by atoms with Crippen molar-refractivity contribution in [3.8, 4) is 0 Å². The predicted octanol–water partition coefficient (Wildman–Crippen LogP) is 6.76. The number of β-lactam (4-membered cyclic amide) rings is 1. The molecule has 1 aromatic rings. The topological polar surface area (TPSA) is 63.4 Å². The zero-order valence-corrected chi connectivity index (χ0v) is 25.2. The molecule has 39 heavy (non-hydrogen) atoms. The average Bonchev–Trinajstić information content (AvgIpc) is 3.35. The Morgan fingerprint density at radius 2 is 1.79 bits per heavy atom. The fourth-order valence-electron chi connectivity index (χ4n) is 11.8. The van der Waals surface area contributed by atoms with Crippen LogP contribution in [0.4, 0.5) is 0 Å². The van der Waals surface area contributed by atoms with Gasteiger partial charge in [-0.2, -0.15) is 0 Å². The van der Waals surface area contributed by atoms with E-state index in [9.17, 15) is 9.59 Å². The van der Waals surface area contributed by atoms with Gasteiger partial charge in [-0.05, 0) is 96.4 Å². The summed E-state index contributed by atoms with van der Waals surface area (Å²) in [6.45, 7) is 18.7. The molecule has 1 aliphatic heterocycles. The number of ketones is 1. The van der Waals surface area contributed by atoms with Gasteiger partial charge in [0, 0.05) is 36.4 Å². The van der Waals surface area contributed by atoms with E-state index < -0.39 is 0 Å². The van der Waals surface area contributed by atoms with Crippen molar-refractivity contribution >= 4 is 11.7 Å². The van der Waals surface area contributed by atoms with Gasteiger partial charge in [0.25, 0.3) is 0 Å². The van der Waals surface area contributed by atoms with Crippen LogP contribution in [0, 0.1) is 51.2 Å². The van der Waals surface area contributed by atoms with Crippen LogP contribution in [0.25, 0.3) is 0 Å². The monoisotopic (exact) mass is 532 g/mol. The molecular weight excluding hydrogens is 484 g/mol. The molecule has 0 radical (unpaired) electrons. The molecule has 0 unspecified atom stereocenters. The number of fused-ring (bicyclic) bond motifs is 8. The Balaban J connectivity index is 1.35. The Kier molecular flexibility index (Phi) is 5.26. The molecule has 0 bridgehead atoms. The second kappa shape index (κ2) is 7.88. The summed E-state index contributed by atoms with van der Waals surface area (Å²) in [6, 6.07) is 0. The zero-order chi connectivity index (χ0) is 27.8. The van der Waals surface area contributed by atoms with Crippen molar-refractivity contribution < 1.29 is 14.1 Å². The molecule has 5 nitrogen and oxygen atoms in total. The number of carbonyl (C=O) groups is 2. The molecule has 3 saturated carbocycles. The van der Waals surface area contributed by atoms with Crippen LogP contribution in [-0.4, -0.2) is 34.8 Å². The predicted molar refractivity (Wildman–Crippen MR) is 151 cm³/mol. The Hall–Kier alpha value is -1.91. The van der Waals surface area contributed by atoms with Crippen LogP contribution in [0.15, 0.2) is 22.4 Å². The van der Waals surface area contributed by atoms with Crippen LogP contribution in [0.1, 0.15) is 105 Å². The second-order valence-electron chi connectivity index (χ2n) is 16.1. The molecule has 1 amide bonds. The molecular formula is C34H48N2O3. The summed E-state index contributed by atoms with van der Waals surface area (Å²) in [4.78, 5) is 29.3. The summed E-state index contributed by atoms with van der Waals surface area (Å²) in [5.74, 6) is 3.65. The zero-order valence-electron chi connectivity index (χ0n) is 25.2. The van der Waals surface area contributed by atoms with Crippen molar-refractivity contribution in [2.24, 2.45) is 51.2 Å². The summed E-state index contributed by atoms with van der Waals surface area (Å²) in [5, 5.41) is 4.22. The van der Waals surface area contributed by atoms with Crippen molar-refractivity contribution in [2.45, 2.75) is 105 Å². The molecule has 0 spiro atoms. The van der Waals surface area contributed by atoms with E-state index in [0.29, 0.717) is 41.8 Å². The van der Waals surface area contributed by atoms with Gasteiger partial charge in [-0.25, -0.2) is 0 Å². The summed E-state index contributed by atoms with van der Waals surface area (Å²) < 4.78 is 5.83. The Bertz CT molecular complexity index is 1280. The summed E-state index contributed by atoms with van der Waals surface area (Å²) in [6.07, 6.45) is 12.6. The lowest BCUT2D eigenvalue weighted by molar-refractivity contribution is -0.184. The fraction of sp³-hybridized carbons (Fsp3) is 0.794. The van der Waals surface area contributed by atoms with E-state index in [2.05, 4.69) is 64.6 Å². The van der Waals surface area contributed by atoms with Gasteiger partial charge < -0.3 is 9.42 Å². The van der Waals surface area contributed by atoms with Gasteiger partial charge in [-0.3, -0.25) is 9.59 Å². The van der Waals surface area contributed by atoms with Crippen molar-refractivity contribution in [3.05, 3.63) is 29.2 Å². The van der Waals surface area contributed by atoms with E-state index in [1.165, 1.54) is 17.6 Å². The van der Waals surface area contributed by atoms with E-state index in [-0.39, 0.29) is 33.0 Å². The van der Waals surface area contributed by atoms with Crippen molar-refractivity contribution in [2.75, 3.05) is 13.1 Å². The van der Waals surface area contributed by atoms with Gasteiger partial charge in [0.1, 0.15) is 5.76 Å². The standard InChI is InChI=1S/C34H48N2O3/c1-20-8-12-34(19-36-15-10-26(36)38)14-13-33(7)28(27(34)21(20)2)23(37)16-25-31(5)17-22-18-35-39-29(22)30(3,4)24(31)9-11-32(25,33)6/h16,18,20-21,24,27-28H,8-15,17,19H2,1-7H3/t20-,21+,24+,27+,28-,31+,32-,33-,34-/m1/s1. The minimum Gasteiger partial charge on any atom is -0.361 e. The van der Waals surface area contributed by atoms with E-state index in [4.69, 9.17) is 4.52 Å². The highest BCUT2D eigenvalue weighted by molar-refractivity contribution is 5.95. The number of aromatic nitrogens is 1. The molecule has 4 fully saturated rings.